The van der Waals surface area contributed by atoms with Crippen molar-refractivity contribution in [3.05, 3.63) is 0 Å². The summed E-state index contributed by atoms with van der Waals surface area (Å²) >= 11 is 0. The number of halogens is 2. The summed E-state index contributed by atoms with van der Waals surface area (Å²) in [5, 5.41) is 0. The highest BCUT2D eigenvalue weighted by Crippen LogP contribution is 2.17. The molecule has 128 valence electrons. The molecule has 1 fully saturated rings. The molecule has 0 aromatic carbocycles. The minimum Gasteiger partial charge on any atom is -0.341 e. The molecule has 0 spiro atoms. The Kier molecular flexibility index (Phi) is 15.1. The second kappa shape index (κ2) is 13.6. The molecule has 1 aliphatic heterocycles. The first-order valence-electron chi connectivity index (χ1n) is 7.94. The van der Waals surface area contributed by atoms with Crippen molar-refractivity contribution in [2.45, 2.75) is 58.4 Å². The fraction of sp³-hybridized carbons (Fsp3) is 0.933. The minimum atomic E-state index is 0. The van der Waals surface area contributed by atoms with E-state index in [0.29, 0.717) is 11.9 Å². The molecule has 6 heteroatoms. The maximum Gasteiger partial charge on any atom is 0.222 e. The summed E-state index contributed by atoms with van der Waals surface area (Å²) in [6.07, 6.45) is 6.26. The van der Waals surface area contributed by atoms with Gasteiger partial charge in [-0.15, -0.1) is 24.8 Å². The van der Waals surface area contributed by atoms with Crippen molar-refractivity contribution in [2.75, 3.05) is 32.7 Å². The van der Waals surface area contributed by atoms with Crippen molar-refractivity contribution in [1.82, 2.24) is 9.80 Å². The second-order valence-corrected chi connectivity index (χ2v) is 5.46. The van der Waals surface area contributed by atoms with Crippen molar-refractivity contribution >= 4 is 30.7 Å². The topological polar surface area (TPSA) is 49.6 Å². The zero-order valence-electron chi connectivity index (χ0n) is 13.6. The summed E-state index contributed by atoms with van der Waals surface area (Å²) in [7, 11) is 0. The molecule has 0 aromatic rings. The van der Waals surface area contributed by atoms with Gasteiger partial charge < -0.3 is 10.6 Å². The Morgan fingerprint density at radius 1 is 1.14 bits per heavy atom. The highest BCUT2D eigenvalue weighted by atomic mass is 35.5. The van der Waals surface area contributed by atoms with E-state index in [9.17, 15) is 4.79 Å². The molecule has 21 heavy (non-hydrogen) atoms. The molecule has 0 aliphatic carbocycles. The van der Waals surface area contributed by atoms with Gasteiger partial charge in [-0.25, -0.2) is 0 Å². The molecule has 1 saturated heterocycles. The number of likely N-dealkylation sites (tertiary alicyclic amines) is 1. The van der Waals surface area contributed by atoms with Crippen LogP contribution in [0.1, 0.15) is 52.4 Å². The van der Waals surface area contributed by atoms with E-state index in [1.807, 2.05) is 0 Å². The van der Waals surface area contributed by atoms with Gasteiger partial charge >= 0.3 is 0 Å². The van der Waals surface area contributed by atoms with Crippen molar-refractivity contribution in [3.8, 4) is 0 Å². The molecule has 0 radical (unpaired) electrons. The number of carbonyl (C=O) groups excluding carboxylic acids is 1. The van der Waals surface area contributed by atoms with Crippen LogP contribution >= 0.6 is 24.8 Å². The molecule has 1 heterocycles. The van der Waals surface area contributed by atoms with Gasteiger partial charge in [0.2, 0.25) is 5.91 Å². The quantitative estimate of drug-likeness (QED) is 0.656. The summed E-state index contributed by atoms with van der Waals surface area (Å²) < 4.78 is 0. The summed E-state index contributed by atoms with van der Waals surface area (Å²) in [6, 6.07) is 0.580. The largest absolute Gasteiger partial charge is 0.341 e. The maximum atomic E-state index is 12.1. The van der Waals surface area contributed by atoms with E-state index in [0.717, 1.165) is 71.2 Å². The maximum absolute atomic E-state index is 12.1. The van der Waals surface area contributed by atoms with Crippen LogP contribution in [0.15, 0.2) is 0 Å². The van der Waals surface area contributed by atoms with Gasteiger partial charge in [0, 0.05) is 25.6 Å². The Hall–Kier alpha value is -0.0300. The zero-order valence-corrected chi connectivity index (χ0v) is 15.2. The monoisotopic (exact) mass is 341 g/mol. The number of hydrogen-bond acceptors (Lipinski definition) is 3. The van der Waals surface area contributed by atoms with Crippen molar-refractivity contribution in [3.63, 3.8) is 0 Å². The minimum absolute atomic E-state index is 0. The number of carbonyl (C=O) groups is 1. The summed E-state index contributed by atoms with van der Waals surface area (Å²) in [4.78, 5) is 16.6. The molecule has 1 unspecified atom stereocenters. The van der Waals surface area contributed by atoms with Crippen LogP contribution in [0.3, 0.4) is 0 Å². The summed E-state index contributed by atoms with van der Waals surface area (Å²) in [6.45, 7) is 9.22. The number of likely N-dealkylation sites (N-methyl/N-ethyl adjacent to an activating group) is 1. The van der Waals surface area contributed by atoms with Gasteiger partial charge in [0.25, 0.3) is 0 Å². The number of nitrogens with two attached hydrogens (primary N) is 1. The molecule has 1 atom stereocenters. The third kappa shape index (κ3) is 8.24. The lowest BCUT2D eigenvalue weighted by Gasteiger charge is -2.26. The number of amides is 1. The number of rotatable bonds is 9. The molecule has 1 amide bonds. The van der Waals surface area contributed by atoms with E-state index >= 15 is 0 Å². The second-order valence-electron chi connectivity index (χ2n) is 5.46. The predicted octanol–water partition coefficient (Wildman–Crippen LogP) is 2.68. The molecule has 1 aliphatic rings. The van der Waals surface area contributed by atoms with Gasteiger partial charge in [-0.3, -0.25) is 9.69 Å². The van der Waals surface area contributed by atoms with E-state index in [2.05, 4.69) is 23.6 Å². The smallest absolute Gasteiger partial charge is 0.222 e. The van der Waals surface area contributed by atoms with Crippen LogP contribution in [-0.4, -0.2) is 54.5 Å². The summed E-state index contributed by atoms with van der Waals surface area (Å²) in [5.41, 5.74) is 5.46. The standard InChI is InChI=1S/C15H31N3O.2ClH/c1-3-17(4-2)14-10-12-18(13-14)15(19)9-7-5-6-8-11-16;;/h14H,3-13,16H2,1-2H3;2*1H. The molecule has 0 bridgehead atoms. The van der Waals surface area contributed by atoms with E-state index in [4.69, 9.17) is 5.73 Å². The van der Waals surface area contributed by atoms with Crippen LogP contribution in [-0.2, 0) is 4.79 Å². The highest BCUT2D eigenvalue weighted by Gasteiger charge is 2.28. The Balaban J connectivity index is 0. The van der Waals surface area contributed by atoms with Crippen LogP contribution in [0.5, 0.6) is 0 Å². The van der Waals surface area contributed by atoms with E-state index in [-0.39, 0.29) is 24.8 Å². The first-order chi connectivity index (χ1) is 9.22. The molecule has 2 N–H and O–H groups in total. The van der Waals surface area contributed by atoms with Gasteiger partial charge in [-0.05, 0) is 38.9 Å². The zero-order chi connectivity index (χ0) is 14.1. The average Bonchev–Trinajstić information content (AvgIpc) is 2.89. The number of nitrogens with zero attached hydrogens (tertiary/aromatic N) is 2. The predicted molar refractivity (Wildman–Crippen MR) is 94.5 cm³/mol. The van der Waals surface area contributed by atoms with Crippen molar-refractivity contribution in [1.29, 1.82) is 0 Å². The fourth-order valence-corrected chi connectivity index (χ4v) is 2.94. The van der Waals surface area contributed by atoms with Gasteiger partial charge in [-0.2, -0.15) is 0 Å². The lowest BCUT2D eigenvalue weighted by Crippen LogP contribution is -2.38. The fourth-order valence-electron chi connectivity index (χ4n) is 2.94. The lowest BCUT2D eigenvalue weighted by molar-refractivity contribution is -0.130. The first-order valence-corrected chi connectivity index (χ1v) is 7.94. The molecule has 1 rings (SSSR count). The third-order valence-electron chi connectivity index (χ3n) is 4.19. The van der Waals surface area contributed by atoms with Gasteiger partial charge in [0.1, 0.15) is 0 Å². The van der Waals surface area contributed by atoms with Crippen LogP contribution in [0.25, 0.3) is 0 Å². The van der Waals surface area contributed by atoms with E-state index in [1.165, 1.54) is 0 Å². The van der Waals surface area contributed by atoms with Gasteiger partial charge in [0.05, 0.1) is 0 Å². The van der Waals surface area contributed by atoms with Crippen molar-refractivity contribution < 1.29 is 4.79 Å². The highest BCUT2D eigenvalue weighted by molar-refractivity contribution is 5.85. The third-order valence-corrected chi connectivity index (χ3v) is 4.19. The van der Waals surface area contributed by atoms with E-state index < -0.39 is 0 Å². The first kappa shape index (κ1) is 23.2. The summed E-state index contributed by atoms with van der Waals surface area (Å²) in [5.74, 6) is 0.349. The lowest BCUT2D eigenvalue weighted by atomic mass is 10.1. The van der Waals surface area contributed by atoms with E-state index in [1.54, 1.807) is 0 Å². The van der Waals surface area contributed by atoms with Crippen LogP contribution < -0.4 is 5.73 Å². The SMILES string of the molecule is CCN(CC)C1CCN(C(=O)CCCCCCN)C1.Cl.Cl. The van der Waals surface area contributed by atoms with Crippen LogP contribution in [0.4, 0.5) is 0 Å². The Morgan fingerprint density at radius 2 is 1.76 bits per heavy atom. The average molecular weight is 342 g/mol. The molecular weight excluding hydrogens is 309 g/mol. The Bertz CT molecular complexity index is 263. The van der Waals surface area contributed by atoms with Gasteiger partial charge in [0.15, 0.2) is 0 Å². The van der Waals surface area contributed by atoms with Crippen molar-refractivity contribution in [2.24, 2.45) is 5.73 Å². The Labute approximate surface area is 142 Å². The number of hydrogen-bond donors (Lipinski definition) is 1. The Morgan fingerprint density at radius 3 is 2.33 bits per heavy atom. The normalized spacial score (nSPS) is 17.5. The van der Waals surface area contributed by atoms with Gasteiger partial charge in [-0.1, -0.05) is 26.7 Å². The number of unbranched alkanes of at least 4 members (excludes halogenated alkanes) is 3. The molecule has 0 aromatic heterocycles. The van der Waals surface area contributed by atoms with Crippen LogP contribution in [0.2, 0.25) is 0 Å². The molecule has 0 saturated carbocycles. The molecule has 4 nitrogen and oxygen atoms in total. The van der Waals surface area contributed by atoms with Crippen LogP contribution in [0, 0.1) is 0 Å². The molecular formula is C15H33Cl2N3O.